The molecule has 1 N–H and O–H groups in total. The second kappa shape index (κ2) is 7.57. The van der Waals surface area contributed by atoms with E-state index < -0.39 is 0 Å². The normalized spacial score (nSPS) is 11.0. The van der Waals surface area contributed by atoms with Crippen molar-refractivity contribution in [2.45, 2.75) is 26.3 Å². The van der Waals surface area contributed by atoms with Crippen LogP contribution in [0.25, 0.3) is 5.69 Å². The minimum absolute atomic E-state index is 0.104. The van der Waals surface area contributed by atoms with Crippen molar-refractivity contribution in [1.82, 2.24) is 19.7 Å². The van der Waals surface area contributed by atoms with Crippen molar-refractivity contribution in [3.05, 3.63) is 81.8 Å². The lowest BCUT2D eigenvalue weighted by Crippen LogP contribution is -2.31. The van der Waals surface area contributed by atoms with Gasteiger partial charge in [0.05, 0.1) is 11.9 Å². The molecule has 3 aromatic rings. The summed E-state index contributed by atoms with van der Waals surface area (Å²) < 4.78 is 14.6. The van der Waals surface area contributed by atoms with Gasteiger partial charge < -0.3 is 9.88 Å². The van der Waals surface area contributed by atoms with Gasteiger partial charge in [-0.2, -0.15) is 5.10 Å². The number of rotatable bonds is 5. The Morgan fingerprint density at radius 3 is 2.56 bits per heavy atom. The molecule has 0 bridgehead atoms. The molecule has 27 heavy (non-hydrogen) atoms. The first-order chi connectivity index (χ1) is 12.8. The largest absolute Gasteiger partial charge is 0.337 e. The molecule has 0 saturated heterocycles. The summed E-state index contributed by atoms with van der Waals surface area (Å²) in [5.74, 6) is -0.497. The number of hydrogen-bond acceptors (Lipinski definition) is 3. The van der Waals surface area contributed by atoms with E-state index in [1.54, 1.807) is 48.4 Å². The highest BCUT2D eigenvalue weighted by atomic mass is 19.1. The summed E-state index contributed by atoms with van der Waals surface area (Å²) in [7, 11) is 1.63. The lowest BCUT2D eigenvalue weighted by atomic mass is 10.1. The monoisotopic (exact) mass is 368 g/mol. The average Bonchev–Trinajstić information content (AvgIpc) is 3.10. The van der Waals surface area contributed by atoms with Crippen molar-refractivity contribution in [1.29, 1.82) is 0 Å². The Labute approximate surface area is 156 Å². The van der Waals surface area contributed by atoms with E-state index >= 15 is 0 Å². The van der Waals surface area contributed by atoms with E-state index in [4.69, 9.17) is 0 Å². The van der Waals surface area contributed by atoms with Gasteiger partial charge in [0.25, 0.3) is 11.5 Å². The number of carbonyl (C=O) groups is 1. The molecule has 3 rings (SSSR count). The van der Waals surface area contributed by atoms with Crippen LogP contribution < -0.4 is 5.56 Å². The zero-order chi connectivity index (χ0) is 19.6. The predicted octanol–water partition coefficient (Wildman–Crippen LogP) is 3.10. The maximum absolute atomic E-state index is 13.0. The van der Waals surface area contributed by atoms with Gasteiger partial charge in [-0.3, -0.25) is 9.59 Å². The third-order valence-electron chi connectivity index (χ3n) is 4.28. The fraction of sp³-hybridized carbons (Fsp3) is 0.250. The topological polar surface area (TPSA) is 71.0 Å². The molecule has 0 aliphatic rings. The van der Waals surface area contributed by atoms with Crippen LogP contribution in [-0.2, 0) is 6.54 Å². The summed E-state index contributed by atoms with van der Waals surface area (Å²) in [6.45, 7) is 4.24. The summed E-state index contributed by atoms with van der Waals surface area (Å²) in [6, 6.07) is 9.29. The number of benzene rings is 1. The highest BCUT2D eigenvalue weighted by Gasteiger charge is 2.17. The molecule has 6 nitrogen and oxygen atoms in total. The first-order valence-corrected chi connectivity index (χ1v) is 8.63. The van der Waals surface area contributed by atoms with Crippen molar-refractivity contribution in [2.24, 2.45) is 0 Å². The number of nitrogens with zero attached hydrogens (tertiary/aromatic N) is 3. The molecule has 0 aliphatic carbocycles. The molecule has 140 valence electrons. The number of aromatic amines is 1. The summed E-state index contributed by atoms with van der Waals surface area (Å²) in [5.41, 5.74) is 2.02. The van der Waals surface area contributed by atoms with Gasteiger partial charge in [0.15, 0.2) is 0 Å². The van der Waals surface area contributed by atoms with E-state index in [9.17, 15) is 14.0 Å². The van der Waals surface area contributed by atoms with E-state index in [0.717, 1.165) is 16.9 Å². The molecule has 7 heteroatoms. The first-order valence-electron chi connectivity index (χ1n) is 8.63. The molecule has 0 atom stereocenters. The van der Waals surface area contributed by atoms with Gasteiger partial charge in [-0.05, 0) is 42.3 Å². The van der Waals surface area contributed by atoms with Gasteiger partial charge in [0.1, 0.15) is 11.4 Å². The van der Waals surface area contributed by atoms with Gasteiger partial charge in [-0.15, -0.1) is 0 Å². The lowest BCUT2D eigenvalue weighted by molar-refractivity contribution is 0.0783. The molecule has 1 aromatic carbocycles. The number of H-pyrrole nitrogens is 1. The summed E-state index contributed by atoms with van der Waals surface area (Å²) in [5, 5.41) is 4.24. The number of aromatic nitrogens is 3. The van der Waals surface area contributed by atoms with E-state index in [1.807, 2.05) is 13.8 Å². The van der Waals surface area contributed by atoms with Crippen LogP contribution in [0.3, 0.4) is 0 Å². The standard InChI is InChI=1S/C20H21FN4O2/c1-13(2)18-9-8-17(19(26)23-18)20(27)24(3)11-14-10-22-25(12-14)16-6-4-15(21)5-7-16/h4-10,12-13H,11H2,1-3H3,(H,23,26). The van der Waals surface area contributed by atoms with E-state index in [1.165, 1.54) is 17.0 Å². The summed E-state index contributed by atoms with van der Waals surface area (Å²) >= 11 is 0. The Bertz CT molecular complexity index is 1010. The number of amides is 1. The van der Waals surface area contributed by atoms with Crippen LogP contribution in [-0.4, -0.2) is 32.6 Å². The molecular formula is C20H21FN4O2. The third-order valence-corrected chi connectivity index (χ3v) is 4.28. The highest BCUT2D eigenvalue weighted by molar-refractivity contribution is 5.93. The Morgan fingerprint density at radius 1 is 1.22 bits per heavy atom. The Balaban J connectivity index is 1.74. The Kier molecular flexibility index (Phi) is 5.21. The molecule has 0 fully saturated rings. The third kappa shape index (κ3) is 4.13. The van der Waals surface area contributed by atoms with E-state index in [-0.39, 0.29) is 28.8 Å². The molecule has 1 amide bonds. The lowest BCUT2D eigenvalue weighted by Gasteiger charge is -2.16. The molecular weight excluding hydrogens is 347 g/mol. The van der Waals surface area contributed by atoms with Crippen LogP contribution >= 0.6 is 0 Å². The van der Waals surface area contributed by atoms with Crippen LogP contribution in [0, 0.1) is 5.82 Å². The average molecular weight is 368 g/mol. The zero-order valence-corrected chi connectivity index (χ0v) is 15.4. The maximum Gasteiger partial charge on any atom is 0.261 e. The molecule has 0 saturated carbocycles. The van der Waals surface area contributed by atoms with Crippen molar-refractivity contribution in [3.8, 4) is 5.69 Å². The zero-order valence-electron chi connectivity index (χ0n) is 15.4. The van der Waals surface area contributed by atoms with E-state index in [0.29, 0.717) is 6.54 Å². The van der Waals surface area contributed by atoms with Crippen LogP contribution in [0.1, 0.15) is 41.4 Å². The number of hydrogen-bond donors (Lipinski definition) is 1. The second-order valence-corrected chi connectivity index (χ2v) is 6.74. The molecule has 0 spiro atoms. The number of carbonyl (C=O) groups excluding carboxylic acids is 1. The summed E-state index contributed by atoms with van der Waals surface area (Å²) in [6.07, 6.45) is 3.41. The molecule has 0 radical (unpaired) electrons. The number of pyridine rings is 1. The van der Waals surface area contributed by atoms with E-state index in [2.05, 4.69) is 10.1 Å². The minimum atomic E-state index is -0.389. The molecule has 0 unspecified atom stereocenters. The highest BCUT2D eigenvalue weighted by Crippen LogP contribution is 2.13. The van der Waals surface area contributed by atoms with Crippen molar-refractivity contribution >= 4 is 5.91 Å². The molecule has 2 aromatic heterocycles. The van der Waals surface area contributed by atoms with Gasteiger partial charge in [-0.1, -0.05) is 13.8 Å². The van der Waals surface area contributed by atoms with Crippen molar-refractivity contribution < 1.29 is 9.18 Å². The predicted molar refractivity (Wildman–Crippen MR) is 100 cm³/mol. The van der Waals surface area contributed by atoms with Crippen LogP contribution in [0.15, 0.2) is 53.6 Å². The maximum atomic E-state index is 13.0. The first kappa shape index (κ1) is 18.6. The number of nitrogens with one attached hydrogen (secondary N) is 1. The fourth-order valence-corrected chi connectivity index (χ4v) is 2.72. The van der Waals surface area contributed by atoms with Gasteiger partial charge in [0.2, 0.25) is 0 Å². The van der Waals surface area contributed by atoms with Crippen molar-refractivity contribution in [3.63, 3.8) is 0 Å². The van der Waals surface area contributed by atoms with Crippen molar-refractivity contribution in [2.75, 3.05) is 7.05 Å². The van der Waals surface area contributed by atoms with Crippen LogP contribution in [0.4, 0.5) is 4.39 Å². The molecule has 2 heterocycles. The van der Waals surface area contributed by atoms with Crippen LogP contribution in [0.5, 0.6) is 0 Å². The Hall–Kier alpha value is -3.22. The van der Waals surface area contributed by atoms with Gasteiger partial charge >= 0.3 is 0 Å². The second-order valence-electron chi connectivity index (χ2n) is 6.74. The molecule has 0 aliphatic heterocycles. The smallest absolute Gasteiger partial charge is 0.261 e. The number of halogens is 1. The summed E-state index contributed by atoms with van der Waals surface area (Å²) in [4.78, 5) is 29.0. The SMILES string of the molecule is CC(C)c1ccc(C(=O)N(C)Cc2cnn(-c3ccc(F)cc3)c2)c(=O)[nH]1. The fourth-order valence-electron chi connectivity index (χ4n) is 2.72. The quantitative estimate of drug-likeness (QED) is 0.752. The Morgan fingerprint density at radius 2 is 1.93 bits per heavy atom. The van der Waals surface area contributed by atoms with Crippen LogP contribution in [0.2, 0.25) is 0 Å². The minimum Gasteiger partial charge on any atom is -0.337 e. The van der Waals surface area contributed by atoms with Gasteiger partial charge in [-0.25, -0.2) is 9.07 Å². The van der Waals surface area contributed by atoms with Gasteiger partial charge in [0, 0.05) is 31.0 Å².